The lowest BCUT2D eigenvalue weighted by Crippen LogP contribution is -2.45. The van der Waals surface area contributed by atoms with E-state index in [1.54, 1.807) is 59.9 Å². The molecule has 2 aliphatic heterocycles. The summed E-state index contributed by atoms with van der Waals surface area (Å²) in [6, 6.07) is 16.8. The SMILES string of the molecule is C1=CCC2C(=C1)SC1=C(CC(c3cccc4c3c3c(n4C4=CCCC=C4)CCCC3)C=C1)C21C2=C(CCC(C3=CCCCC3)=C2)Sc2ccccc21. The largest absolute Gasteiger partial charge is 0.314 e. The van der Waals surface area contributed by atoms with E-state index in [4.69, 9.17) is 0 Å². The highest BCUT2D eigenvalue weighted by Gasteiger charge is 2.55. The van der Waals surface area contributed by atoms with Crippen LogP contribution < -0.4 is 0 Å². The molecular formula is C49H47NS2. The van der Waals surface area contributed by atoms with Crippen LogP contribution >= 0.6 is 23.5 Å². The third-order valence-corrected chi connectivity index (χ3v) is 15.9. The molecule has 1 aromatic heterocycles. The number of fused-ring (bicyclic) bond motifs is 9. The molecule has 3 heteroatoms. The standard InChI is InChI=1S/C49H47NS2/c1-3-14-32(15-4-1)33-26-28-46-40(30-33)49(38-20-8-11-24-44(38)51-46)39-21-9-12-25-45(39)52-47-29-27-34(31-41(47)49)36-19-13-23-43-48(36)37-18-7-10-22-42(37)50(43)35-16-5-2-6-17-35/h5,8-9,11-14,16-17,19-20,23-25,27,29-30,34,39H,1-4,6-7,10,15,18,21-22,26,28,31H2. The Morgan fingerprint density at radius 3 is 2.63 bits per heavy atom. The summed E-state index contributed by atoms with van der Waals surface area (Å²) in [5, 5.41) is 1.55. The maximum atomic E-state index is 2.74. The molecule has 6 aliphatic carbocycles. The highest BCUT2D eigenvalue weighted by Crippen LogP contribution is 2.67. The molecule has 52 heavy (non-hydrogen) atoms. The van der Waals surface area contributed by atoms with Crippen molar-refractivity contribution in [1.29, 1.82) is 0 Å². The minimum atomic E-state index is -0.158. The van der Waals surface area contributed by atoms with Gasteiger partial charge in [0, 0.05) is 38.4 Å². The summed E-state index contributed by atoms with van der Waals surface area (Å²) < 4.78 is 2.66. The second kappa shape index (κ2) is 12.7. The van der Waals surface area contributed by atoms with Gasteiger partial charge >= 0.3 is 0 Å². The number of thioether (sulfide) groups is 2. The Morgan fingerprint density at radius 2 is 1.71 bits per heavy atom. The molecule has 2 aromatic carbocycles. The highest BCUT2D eigenvalue weighted by atomic mass is 32.2. The van der Waals surface area contributed by atoms with Gasteiger partial charge in [-0.25, -0.2) is 0 Å². The molecule has 260 valence electrons. The van der Waals surface area contributed by atoms with E-state index >= 15 is 0 Å². The van der Waals surface area contributed by atoms with Crippen molar-refractivity contribution in [2.24, 2.45) is 5.92 Å². The van der Waals surface area contributed by atoms with Crippen molar-refractivity contribution in [2.45, 2.75) is 106 Å². The van der Waals surface area contributed by atoms with E-state index < -0.39 is 0 Å². The van der Waals surface area contributed by atoms with Gasteiger partial charge in [-0.15, -0.1) is 0 Å². The van der Waals surface area contributed by atoms with Crippen LogP contribution in [0.1, 0.15) is 105 Å². The predicted octanol–water partition coefficient (Wildman–Crippen LogP) is 13.7. The van der Waals surface area contributed by atoms with Crippen LogP contribution in [0.2, 0.25) is 0 Å². The quantitative estimate of drug-likeness (QED) is 0.266. The molecular weight excluding hydrogens is 667 g/mol. The number of hydrogen-bond acceptors (Lipinski definition) is 2. The van der Waals surface area contributed by atoms with Crippen LogP contribution in [0.4, 0.5) is 0 Å². The third kappa shape index (κ3) is 4.77. The summed E-state index contributed by atoms with van der Waals surface area (Å²) in [4.78, 5) is 6.16. The molecule has 0 fully saturated rings. The van der Waals surface area contributed by atoms with Crippen molar-refractivity contribution in [2.75, 3.05) is 0 Å². The number of aromatic nitrogens is 1. The summed E-state index contributed by atoms with van der Waals surface area (Å²) in [7, 11) is 0. The first-order valence-corrected chi connectivity index (χ1v) is 21.8. The first-order valence-electron chi connectivity index (χ1n) is 20.2. The number of benzene rings is 2. The van der Waals surface area contributed by atoms with Crippen LogP contribution in [0.25, 0.3) is 16.6 Å². The molecule has 0 saturated carbocycles. The van der Waals surface area contributed by atoms with Crippen LogP contribution in [0.3, 0.4) is 0 Å². The van der Waals surface area contributed by atoms with Crippen LogP contribution in [0.15, 0.2) is 145 Å². The molecule has 0 bridgehead atoms. The van der Waals surface area contributed by atoms with E-state index in [1.165, 1.54) is 85.2 Å². The van der Waals surface area contributed by atoms with Gasteiger partial charge < -0.3 is 4.57 Å². The van der Waals surface area contributed by atoms with Crippen molar-refractivity contribution in [1.82, 2.24) is 4.57 Å². The zero-order valence-electron chi connectivity index (χ0n) is 30.1. The van der Waals surface area contributed by atoms with Gasteiger partial charge in [-0.2, -0.15) is 0 Å². The molecule has 3 unspecified atom stereocenters. The van der Waals surface area contributed by atoms with Crippen molar-refractivity contribution in [3.63, 3.8) is 0 Å². The Labute approximate surface area is 317 Å². The van der Waals surface area contributed by atoms with E-state index in [0.717, 1.165) is 25.7 Å². The highest BCUT2D eigenvalue weighted by molar-refractivity contribution is 8.07. The molecule has 0 saturated heterocycles. The number of nitrogens with zero attached hydrogens (tertiary/aromatic N) is 1. The lowest BCUT2D eigenvalue weighted by molar-refractivity contribution is 0.400. The van der Waals surface area contributed by atoms with E-state index in [1.807, 2.05) is 0 Å². The van der Waals surface area contributed by atoms with Gasteiger partial charge in [0.15, 0.2) is 0 Å². The Morgan fingerprint density at radius 1 is 0.769 bits per heavy atom. The number of rotatable bonds is 3. The molecule has 3 heterocycles. The average Bonchev–Trinajstić information content (AvgIpc) is 3.56. The molecule has 0 radical (unpaired) electrons. The Balaban J connectivity index is 1.11. The number of allylic oxidation sites excluding steroid dienone is 17. The normalized spacial score (nSPS) is 27.7. The molecule has 0 N–H and O–H groups in total. The number of aryl methyl sites for hydroxylation is 1. The molecule has 11 rings (SSSR count). The summed E-state index contributed by atoms with van der Waals surface area (Å²) in [6.07, 6.45) is 41.9. The zero-order valence-corrected chi connectivity index (χ0v) is 31.8. The minimum absolute atomic E-state index is 0.158. The van der Waals surface area contributed by atoms with Gasteiger partial charge in [0.1, 0.15) is 0 Å². The zero-order chi connectivity index (χ0) is 34.2. The Hall–Kier alpha value is -3.66. The van der Waals surface area contributed by atoms with Crippen molar-refractivity contribution >= 4 is 40.1 Å². The van der Waals surface area contributed by atoms with E-state index in [0.29, 0.717) is 11.8 Å². The van der Waals surface area contributed by atoms with Crippen molar-refractivity contribution in [3.05, 3.63) is 163 Å². The number of hydrogen-bond donors (Lipinski definition) is 0. The Bertz CT molecular complexity index is 2320. The first-order chi connectivity index (χ1) is 25.8. The summed E-state index contributed by atoms with van der Waals surface area (Å²) in [6.45, 7) is 0. The average molecular weight is 714 g/mol. The van der Waals surface area contributed by atoms with Gasteiger partial charge in [0.2, 0.25) is 0 Å². The predicted molar refractivity (Wildman–Crippen MR) is 223 cm³/mol. The van der Waals surface area contributed by atoms with Crippen LogP contribution in [-0.4, -0.2) is 4.57 Å². The Kier molecular flexibility index (Phi) is 7.80. The lowest BCUT2D eigenvalue weighted by atomic mass is 9.55. The van der Waals surface area contributed by atoms with Gasteiger partial charge in [-0.05, 0) is 157 Å². The van der Waals surface area contributed by atoms with Crippen LogP contribution in [-0.2, 0) is 18.3 Å². The lowest BCUT2D eigenvalue weighted by Gasteiger charge is -2.54. The topological polar surface area (TPSA) is 4.93 Å². The second-order valence-corrected chi connectivity index (χ2v) is 18.4. The van der Waals surface area contributed by atoms with E-state index in [2.05, 4.69) is 131 Å². The monoisotopic (exact) mass is 713 g/mol. The minimum Gasteiger partial charge on any atom is -0.314 e. The molecule has 3 aromatic rings. The van der Waals surface area contributed by atoms with Crippen molar-refractivity contribution < 1.29 is 0 Å². The first kappa shape index (κ1) is 31.8. The fourth-order valence-electron chi connectivity index (χ4n) is 11.2. The fraction of sp³-hybridized carbons (Fsp3) is 0.347. The van der Waals surface area contributed by atoms with Crippen LogP contribution in [0.5, 0.6) is 0 Å². The summed E-state index contributed by atoms with van der Waals surface area (Å²) in [5.74, 6) is 0.771. The maximum Gasteiger partial charge on any atom is 0.0537 e. The van der Waals surface area contributed by atoms with Crippen molar-refractivity contribution in [3.8, 4) is 0 Å². The van der Waals surface area contributed by atoms with Gasteiger partial charge in [-0.1, -0.05) is 109 Å². The van der Waals surface area contributed by atoms with Crippen LogP contribution in [0, 0.1) is 5.92 Å². The van der Waals surface area contributed by atoms with E-state index in [9.17, 15) is 0 Å². The van der Waals surface area contributed by atoms with Gasteiger partial charge in [-0.3, -0.25) is 0 Å². The molecule has 1 nitrogen and oxygen atoms in total. The molecule has 0 amide bonds. The molecule has 3 atom stereocenters. The maximum absolute atomic E-state index is 2.74. The molecule has 8 aliphatic rings. The smallest absolute Gasteiger partial charge is 0.0537 e. The van der Waals surface area contributed by atoms with E-state index in [-0.39, 0.29) is 5.41 Å². The summed E-state index contributed by atoms with van der Waals surface area (Å²) in [5.41, 5.74) is 15.5. The van der Waals surface area contributed by atoms with Gasteiger partial charge in [0.05, 0.1) is 10.9 Å². The second-order valence-electron chi connectivity index (χ2n) is 16.1. The third-order valence-electron chi connectivity index (χ3n) is 13.4. The fourth-order valence-corrected chi connectivity index (χ4v) is 13.8. The van der Waals surface area contributed by atoms with Gasteiger partial charge in [0.25, 0.3) is 0 Å². The molecule has 1 spiro atoms. The summed E-state index contributed by atoms with van der Waals surface area (Å²) >= 11 is 4.16.